The Morgan fingerprint density at radius 1 is 1.38 bits per heavy atom. The second-order valence-electron chi connectivity index (χ2n) is 5.99. The Balaban J connectivity index is 1.89. The maximum Gasteiger partial charge on any atom is 0.260 e. The maximum atomic E-state index is 14.8. The number of amides is 1. The predicted octanol–water partition coefficient (Wildman–Crippen LogP) is 2.93. The number of fused-ring (bicyclic) bond motifs is 1. The number of carbonyl (C=O) groups is 1. The van der Waals surface area contributed by atoms with Crippen molar-refractivity contribution in [2.45, 2.75) is 13.3 Å². The molecule has 0 aliphatic heterocycles. The Morgan fingerprint density at radius 2 is 2.14 bits per heavy atom. The molecule has 0 aliphatic rings. The summed E-state index contributed by atoms with van der Waals surface area (Å²) in [4.78, 5) is 16.7. The van der Waals surface area contributed by atoms with Crippen LogP contribution in [0.25, 0.3) is 5.65 Å². The van der Waals surface area contributed by atoms with Crippen molar-refractivity contribution in [3.8, 4) is 5.88 Å². The minimum Gasteiger partial charge on any atom is -0.480 e. The van der Waals surface area contributed by atoms with Crippen molar-refractivity contribution in [3.63, 3.8) is 0 Å². The highest BCUT2D eigenvalue weighted by Gasteiger charge is 2.22. The van der Waals surface area contributed by atoms with Crippen LogP contribution in [0.2, 0.25) is 5.02 Å². The zero-order valence-electron chi connectivity index (χ0n) is 15.4. The van der Waals surface area contributed by atoms with E-state index in [2.05, 4.69) is 20.1 Å². The monoisotopic (exact) mass is 441 g/mol. The zero-order chi connectivity index (χ0) is 21.2. The number of hydrogen-bond donors (Lipinski definition) is 2. The van der Waals surface area contributed by atoms with Crippen LogP contribution in [-0.4, -0.2) is 41.8 Å². The van der Waals surface area contributed by atoms with Crippen LogP contribution in [0.5, 0.6) is 5.88 Å². The fourth-order valence-corrected chi connectivity index (χ4v) is 3.90. The van der Waals surface area contributed by atoms with Gasteiger partial charge < -0.3 is 10.1 Å². The van der Waals surface area contributed by atoms with Crippen molar-refractivity contribution in [2.75, 3.05) is 22.9 Å². The van der Waals surface area contributed by atoms with Gasteiger partial charge in [0.1, 0.15) is 0 Å². The molecule has 9 nitrogen and oxygen atoms in total. The second-order valence-corrected chi connectivity index (χ2v) is 8.24. The van der Waals surface area contributed by atoms with Crippen LogP contribution in [-0.2, 0) is 10.0 Å². The molecular formula is C17H17ClFN5O4S. The summed E-state index contributed by atoms with van der Waals surface area (Å²) in [6.45, 7) is 1.68. The van der Waals surface area contributed by atoms with Gasteiger partial charge in [0.2, 0.25) is 15.9 Å². The van der Waals surface area contributed by atoms with Crippen LogP contribution in [0, 0.1) is 5.82 Å². The Kier molecular flexibility index (Phi) is 5.89. The van der Waals surface area contributed by atoms with Crippen LogP contribution >= 0.6 is 11.6 Å². The van der Waals surface area contributed by atoms with Gasteiger partial charge in [-0.1, -0.05) is 18.5 Å². The third-order valence-corrected chi connectivity index (χ3v) is 5.61. The molecule has 0 bridgehead atoms. The molecule has 0 unspecified atom stereocenters. The highest BCUT2D eigenvalue weighted by molar-refractivity contribution is 7.92. The van der Waals surface area contributed by atoms with Gasteiger partial charge in [-0.2, -0.15) is 0 Å². The Hall–Kier alpha value is -2.92. The minimum atomic E-state index is -3.74. The van der Waals surface area contributed by atoms with Crippen molar-refractivity contribution in [1.82, 2.24) is 14.6 Å². The lowest BCUT2D eigenvalue weighted by atomic mass is 10.1. The first-order valence-electron chi connectivity index (χ1n) is 8.43. The molecule has 0 radical (unpaired) electrons. The van der Waals surface area contributed by atoms with Crippen molar-refractivity contribution in [2.24, 2.45) is 0 Å². The topological polar surface area (TPSA) is 115 Å². The first-order valence-corrected chi connectivity index (χ1v) is 10.5. The molecule has 2 aromatic heterocycles. The number of hydrogen-bond acceptors (Lipinski definition) is 6. The molecule has 2 N–H and O–H groups in total. The maximum absolute atomic E-state index is 14.8. The molecule has 3 rings (SSSR count). The fourth-order valence-electron chi connectivity index (χ4n) is 2.54. The molecule has 29 heavy (non-hydrogen) atoms. The predicted molar refractivity (Wildman–Crippen MR) is 107 cm³/mol. The van der Waals surface area contributed by atoms with E-state index >= 15 is 0 Å². The minimum absolute atomic E-state index is 0.173. The van der Waals surface area contributed by atoms with E-state index in [9.17, 15) is 17.6 Å². The number of anilines is 2. The van der Waals surface area contributed by atoms with Crippen LogP contribution in [0.4, 0.5) is 15.8 Å². The van der Waals surface area contributed by atoms with Gasteiger partial charge in [0, 0.05) is 6.07 Å². The van der Waals surface area contributed by atoms with E-state index in [4.69, 9.17) is 16.3 Å². The summed E-state index contributed by atoms with van der Waals surface area (Å²) in [7, 11) is -2.29. The average molecular weight is 442 g/mol. The molecule has 0 spiro atoms. The van der Waals surface area contributed by atoms with E-state index in [0.717, 1.165) is 6.07 Å². The quantitative estimate of drug-likeness (QED) is 0.582. The Morgan fingerprint density at radius 3 is 2.83 bits per heavy atom. The van der Waals surface area contributed by atoms with Crippen molar-refractivity contribution < 1.29 is 22.3 Å². The average Bonchev–Trinajstić information content (AvgIpc) is 3.06. The van der Waals surface area contributed by atoms with Crippen molar-refractivity contribution in [3.05, 3.63) is 47.0 Å². The summed E-state index contributed by atoms with van der Waals surface area (Å²) < 4.78 is 47.2. The summed E-state index contributed by atoms with van der Waals surface area (Å²) in [5.41, 5.74) is -0.156. The van der Waals surface area contributed by atoms with E-state index in [1.807, 2.05) is 0 Å². The van der Waals surface area contributed by atoms with E-state index in [1.54, 1.807) is 13.0 Å². The first kappa shape index (κ1) is 20.8. The van der Waals surface area contributed by atoms with Gasteiger partial charge >= 0.3 is 0 Å². The van der Waals surface area contributed by atoms with Crippen molar-refractivity contribution in [1.29, 1.82) is 0 Å². The number of halogens is 2. The number of methoxy groups -OCH3 is 1. The number of rotatable bonds is 7. The number of nitrogens with one attached hydrogen (secondary N) is 2. The third kappa shape index (κ3) is 4.57. The van der Waals surface area contributed by atoms with Gasteiger partial charge in [-0.3, -0.25) is 9.52 Å². The Bertz CT molecular complexity index is 1180. The molecule has 3 aromatic rings. The van der Waals surface area contributed by atoms with Gasteiger partial charge in [-0.25, -0.2) is 22.3 Å². The molecule has 0 saturated heterocycles. The lowest BCUT2D eigenvalue weighted by Crippen LogP contribution is -2.20. The van der Waals surface area contributed by atoms with Gasteiger partial charge in [0.15, 0.2) is 11.5 Å². The number of sulfonamides is 1. The molecule has 2 heterocycles. The summed E-state index contributed by atoms with van der Waals surface area (Å²) in [6.07, 6.45) is 3.17. The number of aromatic nitrogens is 3. The van der Waals surface area contributed by atoms with Gasteiger partial charge in [-0.15, -0.1) is 5.10 Å². The first-order chi connectivity index (χ1) is 13.7. The molecule has 1 aromatic carbocycles. The van der Waals surface area contributed by atoms with Gasteiger partial charge in [0.05, 0.1) is 47.2 Å². The third-order valence-electron chi connectivity index (χ3n) is 3.81. The summed E-state index contributed by atoms with van der Waals surface area (Å²) in [5, 5.41) is 6.38. The SMILES string of the molecule is CCCS(=O)(=O)Nc1ccc(Cl)c(C(=O)Nc2cnc3cc(OC)nn3c2)c1F. The highest BCUT2D eigenvalue weighted by atomic mass is 35.5. The molecule has 154 valence electrons. The van der Waals surface area contributed by atoms with E-state index < -0.39 is 27.3 Å². The van der Waals surface area contributed by atoms with Crippen LogP contribution in [0.1, 0.15) is 23.7 Å². The normalized spacial score (nSPS) is 11.4. The van der Waals surface area contributed by atoms with Crippen LogP contribution in [0.15, 0.2) is 30.6 Å². The molecule has 0 aliphatic carbocycles. The fraction of sp³-hybridized carbons (Fsp3) is 0.235. The second kappa shape index (κ2) is 8.21. The largest absolute Gasteiger partial charge is 0.480 e. The molecule has 1 amide bonds. The molecular weight excluding hydrogens is 425 g/mol. The zero-order valence-corrected chi connectivity index (χ0v) is 17.0. The summed E-state index contributed by atoms with van der Waals surface area (Å²) >= 11 is 5.98. The van der Waals surface area contributed by atoms with E-state index in [1.165, 1.54) is 30.1 Å². The highest BCUT2D eigenvalue weighted by Crippen LogP contribution is 2.27. The number of nitrogens with zero attached hydrogens (tertiary/aromatic N) is 3. The molecule has 0 atom stereocenters. The molecule has 12 heteroatoms. The van der Waals surface area contributed by atoms with E-state index in [-0.39, 0.29) is 22.2 Å². The van der Waals surface area contributed by atoms with Crippen LogP contribution in [0.3, 0.4) is 0 Å². The van der Waals surface area contributed by atoms with Crippen LogP contribution < -0.4 is 14.8 Å². The number of carbonyl (C=O) groups excluding carboxylic acids is 1. The summed E-state index contributed by atoms with van der Waals surface area (Å²) in [6, 6.07) is 3.99. The standard InChI is InChI=1S/C17H17ClFN5O4S/c1-3-6-29(26,27)23-12-5-4-11(18)15(16(12)19)17(25)21-10-8-20-13-7-14(28-2)22-24(13)9-10/h4-5,7-9,23H,3,6H2,1-2H3,(H,21,25). The lowest BCUT2D eigenvalue weighted by molar-refractivity contribution is 0.102. The smallest absolute Gasteiger partial charge is 0.260 e. The lowest BCUT2D eigenvalue weighted by Gasteiger charge is -2.12. The van der Waals surface area contributed by atoms with Gasteiger partial charge in [-0.05, 0) is 18.6 Å². The van der Waals surface area contributed by atoms with E-state index in [0.29, 0.717) is 17.9 Å². The molecule has 0 fully saturated rings. The number of ether oxygens (including phenoxy) is 1. The summed E-state index contributed by atoms with van der Waals surface area (Å²) in [5.74, 6) is -1.80. The Labute approximate surface area is 170 Å². The van der Waals surface area contributed by atoms with Crippen molar-refractivity contribution >= 4 is 44.6 Å². The number of benzene rings is 1. The molecule has 0 saturated carbocycles. The van der Waals surface area contributed by atoms with Gasteiger partial charge in [0.25, 0.3) is 5.91 Å².